The molecule has 1 heterocycles. The summed E-state index contributed by atoms with van der Waals surface area (Å²) >= 11 is 0. The van der Waals surface area contributed by atoms with Crippen molar-refractivity contribution < 1.29 is 9.50 Å². The fraction of sp³-hybridized carbons (Fsp3) is 0.615. The molecule has 90 valence electrons. The maximum atomic E-state index is 13.5. The van der Waals surface area contributed by atoms with E-state index in [1.807, 2.05) is 0 Å². The zero-order valence-corrected chi connectivity index (χ0v) is 9.99. The van der Waals surface area contributed by atoms with Crippen LogP contribution in [-0.4, -0.2) is 10.1 Å². The lowest BCUT2D eigenvalue weighted by Gasteiger charge is -2.22. The van der Waals surface area contributed by atoms with Gasteiger partial charge in [0.05, 0.1) is 12.3 Å². The minimum Gasteiger partial charge on any atom is -0.388 e. The Bertz CT molecular complexity index is 311. The van der Waals surface area contributed by atoms with Crippen LogP contribution in [0.5, 0.6) is 0 Å². The predicted molar refractivity (Wildman–Crippen MR) is 62.5 cm³/mol. The number of nitrogens with zero attached hydrogens (tertiary/aromatic N) is 1. The lowest BCUT2D eigenvalue weighted by molar-refractivity contribution is 0.0928. The molecule has 0 bridgehead atoms. The van der Waals surface area contributed by atoms with Gasteiger partial charge in [-0.25, -0.2) is 4.39 Å². The van der Waals surface area contributed by atoms with E-state index in [-0.39, 0.29) is 5.92 Å². The summed E-state index contributed by atoms with van der Waals surface area (Å²) in [7, 11) is 0. The minimum absolute atomic E-state index is 0.145. The summed E-state index contributed by atoms with van der Waals surface area (Å²) < 4.78 is 13.5. The Kier molecular flexibility index (Phi) is 5.39. The molecule has 0 aliphatic rings. The van der Waals surface area contributed by atoms with Gasteiger partial charge in [0.15, 0.2) is 0 Å². The first-order chi connectivity index (χ1) is 7.70. The molecule has 1 rings (SSSR count). The molecule has 1 atom stereocenters. The molecule has 1 unspecified atom stereocenters. The summed E-state index contributed by atoms with van der Waals surface area (Å²) in [5.41, 5.74) is 0.377. The van der Waals surface area contributed by atoms with Crippen molar-refractivity contribution >= 4 is 0 Å². The normalized spacial score (nSPS) is 13.1. The van der Waals surface area contributed by atoms with Gasteiger partial charge < -0.3 is 5.11 Å². The van der Waals surface area contributed by atoms with Crippen LogP contribution in [0, 0.1) is 11.7 Å². The molecule has 0 aliphatic carbocycles. The number of aliphatic hydroxyl groups is 1. The highest BCUT2D eigenvalue weighted by Crippen LogP contribution is 2.30. The second kappa shape index (κ2) is 6.59. The molecule has 0 radical (unpaired) electrons. The molecule has 0 aromatic carbocycles. The molecule has 1 aromatic heterocycles. The third-order valence-electron chi connectivity index (χ3n) is 2.89. The Labute approximate surface area is 96.5 Å². The average Bonchev–Trinajstić information content (AvgIpc) is 2.28. The standard InChI is InChI=1S/C13H20FNO/c1-3-5-10(6-4-2)13(16)11-7-8-15-9-12(11)14/h7-10,13,16H,3-6H2,1-2H3. The number of hydrogen-bond donors (Lipinski definition) is 1. The van der Waals surface area contributed by atoms with E-state index in [1.54, 1.807) is 6.07 Å². The van der Waals surface area contributed by atoms with Gasteiger partial charge in [-0.05, 0) is 24.8 Å². The molecule has 16 heavy (non-hydrogen) atoms. The van der Waals surface area contributed by atoms with Gasteiger partial charge in [-0.15, -0.1) is 0 Å². The SMILES string of the molecule is CCCC(CCC)C(O)c1ccncc1F. The van der Waals surface area contributed by atoms with Crippen LogP contribution in [0.25, 0.3) is 0 Å². The second-order valence-corrected chi connectivity index (χ2v) is 4.18. The highest BCUT2D eigenvalue weighted by Gasteiger charge is 2.21. The van der Waals surface area contributed by atoms with Crippen LogP contribution >= 0.6 is 0 Å². The van der Waals surface area contributed by atoms with Gasteiger partial charge in [0, 0.05) is 11.8 Å². The van der Waals surface area contributed by atoms with Crippen LogP contribution in [0.4, 0.5) is 4.39 Å². The molecule has 0 spiro atoms. The van der Waals surface area contributed by atoms with Crippen molar-refractivity contribution in [2.24, 2.45) is 5.92 Å². The van der Waals surface area contributed by atoms with E-state index in [9.17, 15) is 9.50 Å². The third-order valence-corrected chi connectivity index (χ3v) is 2.89. The van der Waals surface area contributed by atoms with Gasteiger partial charge in [0.25, 0.3) is 0 Å². The summed E-state index contributed by atoms with van der Waals surface area (Å²) in [5.74, 6) is -0.265. The summed E-state index contributed by atoms with van der Waals surface area (Å²) in [6.07, 6.45) is 5.85. The van der Waals surface area contributed by atoms with Crippen LogP contribution in [0.1, 0.15) is 51.2 Å². The van der Waals surface area contributed by atoms with Crippen molar-refractivity contribution in [1.82, 2.24) is 4.98 Å². The van der Waals surface area contributed by atoms with Gasteiger partial charge in [-0.1, -0.05) is 26.7 Å². The van der Waals surface area contributed by atoms with Crippen molar-refractivity contribution in [2.45, 2.75) is 45.6 Å². The van der Waals surface area contributed by atoms with Crippen molar-refractivity contribution in [3.63, 3.8) is 0 Å². The van der Waals surface area contributed by atoms with Crippen molar-refractivity contribution in [3.05, 3.63) is 29.8 Å². The predicted octanol–water partition coefficient (Wildman–Crippen LogP) is 3.47. The van der Waals surface area contributed by atoms with Crippen molar-refractivity contribution in [2.75, 3.05) is 0 Å². The van der Waals surface area contributed by atoms with Gasteiger partial charge >= 0.3 is 0 Å². The first-order valence-electron chi connectivity index (χ1n) is 5.98. The number of rotatable bonds is 6. The number of aromatic nitrogens is 1. The lowest BCUT2D eigenvalue weighted by atomic mass is 9.88. The molecule has 2 nitrogen and oxygen atoms in total. The fourth-order valence-electron chi connectivity index (χ4n) is 2.08. The van der Waals surface area contributed by atoms with E-state index in [4.69, 9.17) is 0 Å². The van der Waals surface area contributed by atoms with E-state index < -0.39 is 11.9 Å². The molecule has 1 aromatic rings. The number of pyridine rings is 1. The molecule has 3 heteroatoms. The Hall–Kier alpha value is -0.960. The molecular formula is C13H20FNO. The Morgan fingerprint density at radius 2 is 1.94 bits per heavy atom. The average molecular weight is 225 g/mol. The van der Waals surface area contributed by atoms with E-state index in [2.05, 4.69) is 18.8 Å². The largest absolute Gasteiger partial charge is 0.388 e. The van der Waals surface area contributed by atoms with Crippen LogP contribution in [0.15, 0.2) is 18.5 Å². The van der Waals surface area contributed by atoms with Gasteiger partial charge in [-0.2, -0.15) is 0 Å². The van der Waals surface area contributed by atoms with Crippen molar-refractivity contribution in [1.29, 1.82) is 0 Å². The molecule has 0 saturated carbocycles. The Morgan fingerprint density at radius 3 is 2.44 bits per heavy atom. The quantitative estimate of drug-likeness (QED) is 0.804. The molecule has 0 saturated heterocycles. The zero-order valence-electron chi connectivity index (χ0n) is 9.99. The van der Waals surface area contributed by atoms with Crippen LogP contribution in [-0.2, 0) is 0 Å². The van der Waals surface area contributed by atoms with Gasteiger partial charge in [0.2, 0.25) is 0 Å². The summed E-state index contributed by atoms with van der Waals surface area (Å²) in [5, 5.41) is 10.2. The zero-order chi connectivity index (χ0) is 12.0. The Balaban J connectivity index is 2.81. The lowest BCUT2D eigenvalue weighted by Crippen LogP contribution is -2.14. The summed E-state index contributed by atoms with van der Waals surface area (Å²) in [6.45, 7) is 4.16. The summed E-state index contributed by atoms with van der Waals surface area (Å²) in [4.78, 5) is 3.69. The number of halogens is 1. The highest BCUT2D eigenvalue weighted by molar-refractivity contribution is 5.16. The number of hydrogen-bond acceptors (Lipinski definition) is 2. The van der Waals surface area contributed by atoms with E-state index in [0.717, 1.165) is 31.9 Å². The minimum atomic E-state index is -0.706. The maximum absolute atomic E-state index is 13.5. The van der Waals surface area contributed by atoms with E-state index >= 15 is 0 Å². The topological polar surface area (TPSA) is 33.1 Å². The van der Waals surface area contributed by atoms with Crippen molar-refractivity contribution in [3.8, 4) is 0 Å². The smallest absolute Gasteiger partial charge is 0.147 e. The second-order valence-electron chi connectivity index (χ2n) is 4.18. The van der Waals surface area contributed by atoms with E-state index in [1.165, 1.54) is 6.20 Å². The van der Waals surface area contributed by atoms with Gasteiger partial charge in [-0.3, -0.25) is 4.98 Å². The number of aliphatic hydroxyl groups excluding tert-OH is 1. The Morgan fingerprint density at radius 1 is 1.31 bits per heavy atom. The van der Waals surface area contributed by atoms with E-state index in [0.29, 0.717) is 5.56 Å². The monoisotopic (exact) mass is 225 g/mol. The fourth-order valence-corrected chi connectivity index (χ4v) is 2.08. The molecule has 0 amide bonds. The van der Waals surface area contributed by atoms with Gasteiger partial charge in [0.1, 0.15) is 5.82 Å². The first-order valence-corrected chi connectivity index (χ1v) is 5.98. The molecular weight excluding hydrogens is 205 g/mol. The molecule has 0 fully saturated rings. The molecule has 1 N–H and O–H groups in total. The molecule has 0 aliphatic heterocycles. The first kappa shape index (κ1) is 13.1. The van der Waals surface area contributed by atoms with Crippen LogP contribution in [0.3, 0.4) is 0 Å². The third kappa shape index (κ3) is 3.27. The maximum Gasteiger partial charge on any atom is 0.147 e. The van der Waals surface area contributed by atoms with Crippen LogP contribution < -0.4 is 0 Å². The van der Waals surface area contributed by atoms with Crippen LogP contribution in [0.2, 0.25) is 0 Å². The summed E-state index contributed by atoms with van der Waals surface area (Å²) in [6, 6.07) is 1.57. The highest BCUT2D eigenvalue weighted by atomic mass is 19.1.